The lowest BCUT2D eigenvalue weighted by Gasteiger charge is -2.35. The zero-order chi connectivity index (χ0) is 19.1. The van der Waals surface area contributed by atoms with Crippen molar-refractivity contribution in [2.75, 3.05) is 10.8 Å². The van der Waals surface area contributed by atoms with Gasteiger partial charge in [-0.15, -0.1) is 0 Å². The molecule has 0 aliphatic carbocycles. The molecule has 0 saturated heterocycles. The van der Waals surface area contributed by atoms with Crippen LogP contribution in [0.4, 0.5) is 5.69 Å². The average Bonchev–Trinajstić information content (AvgIpc) is 2.60. The molecule has 0 bridgehead atoms. The molecule has 1 aliphatic rings. The Balaban J connectivity index is 2.22. The van der Waals surface area contributed by atoms with Crippen LogP contribution in [0.3, 0.4) is 0 Å². The summed E-state index contributed by atoms with van der Waals surface area (Å²) >= 11 is 6.17. The molecule has 2 N–H and O–H groups in total. The third-order valence-electron chi connectivity index (χ3n) is 4.05. The van der Waals surface area contributed by atoms with Crippen molar-refractivity contribution in [3.05, 3.63) is 47.5 Å². The minimum Gasteiger partial charge on any atom is -0.485 e. The Morgan fingerprint density at radius 1 is 1.12 bits per heavy atom. The lowest BCUT2D eigenvalue weighted by atomic mass is 10.2. The normalized spacial score (nSPS) is 17.5. The van der Waals surface area contributed by atoms with Crippen molar-refractivity contribution in [2.45, 2.75) is 29.2 Å². The molecule has 3 rings (SSSR count). The summed E-state index contributed by atoms with van der Waals surface area (Å²) in [5.41, 5.74) is 0.256. The van der Waals surface area contributed by atoms with E-state index in [0.29, 0.717) is 6.42 Å². The van der Waals surface area contributed by atoms with Crippen LogP contribution in [0.1, 0.15) is 13.3 Å². The fraction of sp³-hybridized carbons (Fsp3) is 0.250. The second-order valence-electron chi connectivity index (χ2n) is 5.76. The molecule has 140 valence electrons. The van der Waals surface area contributed by atoms with E-state index in [1.54, 1.807) is 18.2 Å². The smallest absolute Gasteiger partial charge is 0.265 e. The topological polar surface area (TPSA) is 107 Å². The van der Waals surface area contributed by atoms with Crippen molar-refractivity contribution in [3.63, 3.8) is 0 Å². The molecular weight excluding hydrogens is 400 g/mol. The van der Waals surface area contributed by atoms with Crippen LogP contribution in [0.15, 0.2) is 52.3 Å². The van der Waals surface area contributed by atoms with Gasteiger partial charge in [0.2, 0.25) is 10.0 Å². The van der Waals surface area contributed by atoms with E-state index < -0.39 is 31.0 Å². The Kier molecular flexibility index (Phi) is 4.91. The van der Waals surface area contributed by atoms with E-state index in [0.717, 1.165) is 4.31 Å². The minimum absolute atomic E-state index is 0.0329. The van der Waals surface area contributed by atoms with Gasteiger partial charge < -0.3 is 4.74 Å². The van der Waals surface area contributed by atoms with Gasteiger partial charge in [-0.2, -0.15) is 0 Å². The number of ether oxygens (including phenoxy) is 1. The molecule has 7 nitrogen and oxygen atoms in total. The predicted molar refractivity (Wildman–Crippen MR) is 98.5 cm³/mol. The molecule has 1 aliphatic heterocycles. The summed E-state index contributed by atoms with van der Waals surface area (Å²) in [4.78, 5) is -0.840. The van der Waals surface area contributed by atoms with E-state index in [1.807, 2.05) is 6.92 Å². The van der Waals surface area contributed by atoms with Crippen LogP contribution in [0.2, 0.25) is 5.02 Å². The van der Waals surface area contributed by atoms with Gasteiger partial charge in [-0.25, -0.2) is 22.0 Å². The molecule has 2 aromatic carbocycles. The summed E-state index contributed by atoms with van der Waals surface area (Å²) in [6, 6.07) is 10.0. The molecule has 0 spiro atoms. The van der Waals surface area contributed by atoms with E-state index in [9.17, 15) is 16.8 Å². The maximum atomic E-state index is 13.3. The highest BCUT2D eigenvalue weighted by atomic mass is 35.5. The monoisotopic (exact) mass is 416 g/mol. The molecule has 26 heavy (non-hydrogen) atoms. The number of rotatable bonds is 4. The van der Waals surface area contributed by atoms with Gasteiger partial charge in [-0.05, 0) is 30.7 Å². The van der Waals surface area contributed by atoms with Crippen LogP contribution in [0, 0.1) is 0 Å². The Bertz CT molecular complexity index is 1050. The molecule has 10 heteroatoms. The first kappa shape index (κ1) is 19.0. The van der Waals surface area contributed by atoms with Crippen molar-refractivity contribution in [1.29, 1.82) is 0 Å². The number of anilines is 1. The van der Waals surface area contributed by atoms with E-state index in [4.69, 9.17) is 21.5 Å². The van der Waals surface area contributed by atoms with Gasteiger partial charge in [0, 0.05) is 0 Å². The Labute approximate surface area is 157 Å². The first-order valence-electron chi connectivity index (χ1n) is 7.76. The van der Waals surface area contributed by atoms with Gasteiger partial charge in [0.25, 0.3) is 10.0 Å². The zero-order valence-corrected chi connectivity index (χ0v) is 16.2. The van der Waals surface area contributed by atoms with Crippen molar-refractivity contribution in [3.8, 4) is 5.75 Å². The number of nitrogens with zero attached hydrogens (tertiary/aromatic N) is 1. The number of hydrogen-bond acceptors (Lipinski definition) is 5. The van der Waals surface area contributed by atoms with Crippen molar-refractivity contribution < 1.29 is 21.6 Å². The third kappa shape index (κ3) is 3.27. The number of primary sulfonamides is 1. The Hall–Kier alpha value is -1.81. The Morgan fingerprint density at radius 2 is 1.77 bits per heavy atom. The van der Waals surface area contributed by atoms with Crippen molar-refractivity contribution >= 4 is 37.3 Å². The summed E-state index contributed by atoms with van der Waals surface area (Å²) in [5.74, 6) is 0.254. The first-order chi connectivity index (χ1) is 12.2. The molecule has 0 amide bonds. The molecule has 0 radical (unpaired) electrons. The second-order valence-corrected chi connectivity index (χ2v) is 9.53. The molecule has 1 atom stereocenters. The Morgan fingerprint density at radius 3 is 2.38 bits per heavy atom. The maximum absolute atomic E-state index is 13.3. The van der Waals surface area contributed by atoms with Crippen molar-refractivity contribution in [1.82, 2.24) is 0 Å². The van der Waals surface area contributed by atoms with E-state index in [1.165, 1.54) is 24.3 Å². The molecular formula is C16H17ClN2O5S2. The highest BCUT2D eigenvalue weighted by Crippen LogP contribution is 2.42. The zero-order valence-electron chi connectivity index (χ0n) is 13.8. The molecule has 2 aromatic rings. The highest BCUT2D eigenvalue weighted by molar-refractivity contribution is 7.94. The van der Waals surface area contributed by atoms with Crippen molar-refractivity contribution in [2.24, 2.45) is 5.14 Å². The molecule has 1 unspecified atom stereocenters. The minimum atomic E-state index is -4.22. The van der Waals surface area contributed by atoms with Crippen LogP contribution in [0.5, 0.6) is 5.75 Å². The largest absolute Gasteiger partial charge is 0.485 e. The molecule has 0 fully saturated rings. The van der Waals surface area contributed by atoms with E-state index >= 15 is 0 Å². The molecule has 0 aromatic heterocycles. The first-order valence-corrected chi connectivity index (χ1v) is 11.1. The van der Waals surface area contributed by atoms with Gasteiger partial charge in [-0.1, -0.05) is 36.7 Å². The van der Waals surface area contributed by atoms with E-state index in [-0.39, 0.29) is 27.9 Å². The van der Waals surface area contributed by atoms with Gasteiger partial charge in [0.1, 0.15) is 15.9 Å². The van der Waals surface area contributed by atoms with Gasteiger partial charge in [-0.3, -0.25) is 4.31 Å². The summed E-state index contributed by atoms with van der Waals surface area (Å²) < 4.78 is 57.2. The number of fused-ring (bicyclic) bond motifs is 1. The second kappa shape index (κ2) is 6.73. The van der Waals surface area contributed by atoms with E-state index in [2.05, 4.69) is 0 Å². The average molecular weight is 417 g/mol. The highest BCUT2D eigenvalue weighted by Gasteiger charge is 2.37. The predicted octanol–water partition coefficient (Wildman–Crippen LogP) is 2.35. The van der Waals surface area contributed by atoms with Crippen LogP contribution >= 0.6 is 11.6 Å². The van der Waals surface area contributed by atoms with Gasteiger partial charge >= 0.3 is 0 Å². The fourth-order valence-electron chi connectivity index (χ4n) is 2.75. The number of nitrogens with two attached hydrogens (primary N) is 1. The lowest BCUT2D eigenvalue weighted by Crippen LogP contribution is -2.43. The SMILES string of the molecule is CCC1CN(S(=O)(=O)c2ccccc2S(N)(=O)=O)c2cccc(Cl)c2O1. The van der Waals surface area contributed by atoms with Crippen LogP contribution in [-0.2, 0) is 20.0 Å². The van der Waals surface area contributed by atoms with Crippen LogP contribution in [0.25, 0.3) is 0 Å². The molecule has 1 heterocycles. The fourth-order valence-corrected chi connectivity index (χ4v) is 5.83. The summed E-state index contributed by atoms with van der Waals surface area (Å²) in [6.07, 6.45) is 0.131. The van der Waals surface area contributed by atoms with Crippen LogP contribution in [-0.4, -0.2) is 29.5 Å². The number of benzene rings is 2. The number of sulfonamides is 2. The third-order valence-corrected chi connectivity index (χ3v) is 7.28. The number of hydrogen-bond donors (Lipinski definition) is 1. The standard InChI is InChI=1S/C16H17ClN2O5S2/c1-2-11-10-19(13-7-5-6-12(17)16(13)24-11)26(22,23)15-9-4-3-8-14(15)25(18,20)21/h3-9,11H,2,10H2,1H3,(H2,18,20,21). The van der Waals surface area contributed by atoms with Gasteiger partial charge in [0.05, 0.1) is 17.3 Å². The van der Waals surface area contributed by atoms with Gasteiger partial charge in [0.15, 0.2) is 5.75 Å². The summed E-state index contributed by atoms with van der Waals surface area (Å²) in [7, 11) is -8.44. The van der Waals surface area contributed by atoms with Crippen LogP contribution < -0.4 is 14.2 Å². The summed E-state index contributed by atoms with van der Waals surface area (Å²) in [6.45, 7) is 1.89. The summed E-state index contributed by atoms with van der Waals surface area (Å²) in [5, 5.41) is 5.48. The number of para-hydroxylation sites is 1. The lowest BCUT2D eigenvalue weighted by molar-refractivity contribution is 0.196. The quantitative estimate of drug-likeness (QED) is 0.823. The maximum Gasteiger partial charge on any atom is 0.265 e. The molecule has 0 saturated carbocycles. The number of halogens is 1.